The third kappa shape index (κ3) is 4.51. The third-order valence-electron chi connectivity index (χ3n) is 3.88. The largest absolute Gasteiger partial charge is 0.387 e. The van der Waals surface area contributed by atoms with Crippen molar-refractivity contribution in [2.75, 3.05) is 12.8 Å². The molecule has 0 aliphatic carbocycles. The number of carbonyl (C=O) groups excluding carboxylic acids is 1. The summed E-state index contributed by atoms with van der Waals surface area (Å²) in [4.78, 5) is 13.2. The molecular weight excluding hydrogens is 350 g/mol. The van der Waals surface area contributed by atoms with E-state index in [0.29, 0.717) is 0 Å². The molecule has 0 radical (unpaired) electrons. The fourth-order valence-corrected chi connectivity index (χ4v) is 3.93. The second kappa shape index (κ2) is 8.34. The van der Waals surface area contributed by atoms with Gasteiger partial charge in [0, 0.05) is 27.8 Å². The van der Waals surface area contributed by atoms with Crippen molar-refractivity contribution in [1.29, 1.82) is 0 Å². The summed E-state index contributed by atoms with van der Waals surface area (Å²) in [6, 6.07) is 15.9. The number of aliphatic hydroxyl groups is 1. The Morgan fingerprint density at radius 2 is 2.00 bits per heavy atom. The lowest BCUT2D eigenvalue weighted by atomic mass is 10.1. The van der Waals surface area contributed by atoms with Crippen LogP contribution in [0.1, 0.15) is 17.2 Å². The summed E-state index contributed by atoms with van der Waals surface area (Å²) in [5, 5.41) is 16.1. The second-order valence-electron chi connectivity index (χ2n) is 5.55. The molecule has 25 heavy (non-hydrogen) atoms. The number of thioether (sulfide) groups is 1. The van der Waals surface area contributed by atoms with Crippen LogP contribution in [-0.4, -0.2) is 23.8 Å². The SMILES string of the molecule is CSc1ccc(/C=C/C(=O)NC[C@@H](O)c2csc3ccccc23)cc1. The van der Waals surface area contributed by atoms with Crippen LogP contribution in [0.3, 0.4) is 0 Å². The molecule has 1 heterocycles. The normalized spacial score (nSPS) is 12.6. The van der Waals surface area contributed by atoms with Crippen molar-refractivity contribution in [1.82, 2.24) is 5.32 Å². The van der Waals surface area contributed by atoms with Crippen LogP contribution in [0.2, 0.25) is 0 Å². The van der Waals surface area contributed by atoms with Gasteiger partial charge in [0.15, 0.2) is 0 Å². The maximum Gasteiger partial charge on any atom is 0.244 e. The molecule has 3 rings (SSSR count). The van der Waals surface area contributed by atoms with Crippen molar-refractivity contribution in [3.05, 3.63) is 71.1 Å². The van der Waals surface area contributed by atoms with Gasteiger partial charge >= 0.3 is 0 Å². The van der Waals surface area contributed by atoms with E-state index in [-0.39, 0.29) is 12.5 Å². The number of hydrogen-bond acceptors (Lipinski definition) is 4. The standard InChI is InChI=1S/C20H19NO2S2/c1-24-15-9-6-14(7-10-15)8-11-20(23)21-12-18(22)17-13-25-19-5-3-2-4-16(17)19/h2-11,13,18,22H,12H2,1H3,(H,21,23)/b11-8+/t18-/m1/s1. The van der Waals surface area contributed by atoms with Crippen LogP contribution in [0.25, 0.3) is 16.2 Å². The molecular formula is C20H19NO2S2. The first-order valence-electron chi connectivity index (χ1n) is 7.91. The van der Waals surface area contributed by atoms with Crippen molar-refractivity contribution in [3.63, 3.8) is 0 Å². The molecule has 0 unspecified atom stereocenters. The number of nitrogens with one attached hydrogen (secondary N) is 1. The van der Waals surface area contributed by atoms with Crippen molar-refractivity contribution >= 4 is 45.2 Å². The molecule has 0 fully saturated rings. The summed E-state index contributed by atoms with van der Waals surface area (Å²) >= 11 is 3.28. The number of amides is 1. The number of aliphatic hydroxyl groups excluding tert-OH is 1. The predicted octanol–water partition coefficient (Wildman–Crippen LogP) is 4.49. The van der Waals surface area contributed by atoms with E-state index in [1.54, 1.807) is 29.2 Å². The van der Waals surface area contributed by atoms with Gasteiger partial charge in [0.25, 0.3) is 0 Å². The van der Waals surface area contributed by atoms with Gasteiger partial charge in [0.1, 0.15) is 0 Å². The highest BCUT2D eigenvalue weighted by Gasteiger charge is 2.13. The van der Waals surface area contributed by atoms with Crippen LogP contribution in [0.4, 0.5) is 0 Å². The molecule has 0 saturated heterocycles. The van der Waals surface area contributed by atoms with Gasteiger partial charge in [-0.25, -0.2) is 0 Å². The Kier molecular flexibility index (Phi) is 5.91. The Morgan fingerprint density at radius 3 is 2.76 bits per heavy atom. The third-order valence-corrected chi connectivity index (χ3v) is 5.61. The molecule has 1 atom stereocenters. The minimum Gasteiger partial charge on any atom is -0.387 e. The minimum atomic E-state index is -0.714. The van der Waals surface area contributed by atoms with E-state index in [1.165, 1.54) is 11.0 Å². The number of benzene rings is 2. The van der Waals surface area contributed by atoms with Crippen LogP contribution in [0.15, 0.2) is 64.9 Å². The molecule has 1 amide bonds. The highest BCUT2D eigenvalue weighted by Crippen LogP contribution is 2.29. The molecule has 3 aromatic rings. The minimum absolute atomic E-state index is 0.190. The van der Waals surface area contributed by atoms with Gasteiger partial charge in [-0.2, -0.15) is 0 Å². The van der Waals surface area contributed by atoms with Crippen LogP contribution in [0.5, 0.6) is 0 Å². The predicted molar refractivity (Wildman–Crippen MR) is 107 cm³/mol. The van der Waals surface area contributed by atoms with Crippen molar-refractivity contribution in [3.8, 4) is 0 Å². The molecule has 1 aromatic heterocycles. The van der Waals surface area contributed by atoms with E-state index in [0.717, 1.165) is 21.2 Å². The average molecular weight is 370 g/mol. The maximum absolute atomic E-state index is 12.0. The number of thiophene rings is 1. The number of hydrogen-bond donors (Lipinski definition) is 2. The van der Waals surface area contributed by atoms with Crippen LogP contribution in [-0.2, 0) is 4.79 Å². The number of carbonyl (C=O) groups is 1. The van der Waals surface area contributed by atoms with Crippen LogP contribution < -0.4 is 5.32 Å². The highest BCUT2D eigenvalue weighted by molar-refractivity contribution is 7.98. The molecule has 0 aliphatic rings. The maximum atomic E-state index is 12.0. The van der Waals surface area contributed by atoms with Crippen molar-refractivity contribution in [2.45, 2.75) is 11.0 Å². The summed E-state index contributed by atoms with van der Waals surface area (Å²) < 4.78 is 1.14. The fraction of sp³-hybridized carbons (Fsp3) is 0.150. The summed E-state index contributed by atoms with van der Waals surface area (Å²) in [6.45, 7) is 0.190. The molecule has 0 saturated carbocycles. The van der Waals surface area contributed by atoms with E-state index < -0.39 is 6.10 Å². The highest BCUT2D eigenvalue weighted by atomic mass is 32.2. The fourth-order valence-electron chi connectivity index (χ4n) is 2.51. The summed E-state index contributed by atoms with van der Waals surface area (Å²) in [5.74, 6) is -0.215. The second-order valence-corrected chi connectivity index (χ2v) is 7.35. The molecule has 2 N–H and O–H groups in total. The monoisotopic (exact) mass is 369 g/mol. The lowest BCUT2D eigenvalue weighted by Crippen LogP contribution is -2.26. The lowest BCUT2D eigenvalue weighted by Gasteiger charge is -2.10. The topological polar surface area (TPSA) is 49.3 Å². The average Bonchev–Trinajstić information content (AvgIpc) is 3.09. The van der Waals surface area contributed by atoms with Gasteiger partial charge in [0.2, 0.25) is 5.91 Å². The summed E-state index contributed by atoms with van der Waals surface area (Å²) in [7, 11) is 0. The van der Waals surface area contributed by atoms with E-state index in [2.05, 4.69) is 5.32 Å². The quantitative estimate of drug-likeness (QED) is 0.497. The number of rotatable bonds is 6. The molecule has 5 heteroatoms. The molecule has 3 nitrogen and oxygen atoms in total. The van der Waals surface area contributed by atoms with Crippen LogP contribution >= 0.6 is 23.1 Å². The van der Waals surface area contributed by atoms with E-state index >= 15 is 0 Å². The van der Waals surface area contributed by atoms with Crippen molar-refractivity contribution in [2.24, 2.45) is 0 Å². The Hall–Kier alpha value is -2.08. The lowest BCUT2D eigenvalue weighted by molar-refractivity contribution is -0.116. The van der Waals surface area contributed by atoms with Gasteiger partial charge in [-0.05, 0) is 46.9 Å². The van der Waals surface area contributed by atoms with Gasteiger partial charge in [-0.15, -0.1) is 23.1 Å². The Labute approximate surface area is 155 Å². The zero-order valence-electron chi connectivity index (χ0n) is 13.8. The van der Waals surface area contributed by atoms with Gasteiger partial charge in [-0.1, -0.05) is 30.3 Å². The van der Waals surface area contributed by atoms with Gasteiger partial charge < -0.3 is 10.4 Å². The zero-order valence-corrected chi connectivity index (χ0v) is 15.4. The smallest absolute Gasteiger partial charge is 0.244 e. The molecule has 0 bridgehead atoms. The van der Waals surface area contributed by atoms with E-state index in [1.807, 2.05) is 60.2 Å². The van der Waals surface area contributed by atoms with E-state index in [9.17, 15) is 9.90 Å². The molecule has 128 valence electrons. The number of fused-ring (bicyclic) bond motifs is 1. The molecule has 0 spiro atoms. The summed E-state index contributed by atoms with van der Waals surface area (Å²) in [6.07, 6.45) is 4.58. The van der Waals surface area contributed by atoms with E-state index in [4.69, 9.17) is 0 Å². The Balaban J connectivity index is 1.57. The van der Waals surface area contributed by atoms with Crippen molar-refractivity contribution < 1.29 is 9.90 Å². The first kappa shape index (κ1) is 17.7. The van der Waals surface area contributed by atoms with Crippen LogP contribution in [0, 0.1) is 0 Å². The molecule has 2 aromatic carbocycles. The summed E-state index contributed by atoms with van der Waals surface area (Å²) in [5.41, 5.74) is 1.83. The van der Waals surface area contributed by atoms with Gasteiger partial charge in [0.05, 0.1) is 6.10 Å². The van der Waals surface area contributed by atoms with Gasteiger partial charge in [-0.3, -0.25) is 4.79 Å². The molecule has 0 aliphatic heterocycles. The first-order chi connectivity index (χ1) is 12.2. The zero-order chi connectivity index (χ0) is 17.6. The Morgan fingerprint density at radius 1 is 1.24 bits per heavy atom. The first-order valence-corrected chi connectivity index (χ1v) is 10.0. The Bertz CT molecular complexity index is 884.